The first kappa shape index (κ1) is 18.4. The summed E-state index contributed by atoms with van der Waals surface area (Å²) < 4.78 is 16.8. The third-order valence-corrected chi connectivity index (χ3v) is 5.63. The molecule has 6 nitrogen and oxygen atoms in total. The number of halogens is 3. The van der Waals surface area contributed by atoms with E-state index in [0.717, 1.165) is 24.1 Å². The van der Waals surface area contributed by atoms with Gasteiger partial charge in [-0.25, -0.2) is 9.78 Å². The fourth-order valence-electron chi connectivity index (χ4n) is 3.54. The second-order valence-electron chi connectivity index (χ2n) is 7.23. The lowest BCUT2D eigenvalue weighted by Gasteiger charge is -2.07. The van der Waals surface area contributed by atoms with Crippen molar-refractivity contribution in [2.75, 3.05) is 0 Å². The summed E-state index contributed by atoms with van der Waals surface area (Å²) in [7, 11) is 0. The van der Waals surface area contributed by atoms with Crippen molar-refractivity contribution in [1.82, 2.24) is 24.1 Å². The minimum absolute atomic E-state index is 0.0906. The Morgan fingerprint density at radius 2 is 2.00 bits per heavy atom. The largest absolute Gasteiger partial charge is 0.339 e. The molecule has 1 saturated carbocycles. The van der Waals surface area contributed by atoms with Crippen LogP contribution in [0.2, 0.25) is 10.0 Å². The van der Waals surface area contributed by atoms with E-state index < -0.39 is 5.95 Å². The van der Waals surface area contributed by atoms with Gasteiger partial charge in [-0.1, -0.05) is 29.3 Å². The van der Waals surface area contributed by atoms with Crippen molar-refractivity contribution in [2.24, 2.45) is 0 Å². The third-order valence-electron chi connectivity index (χ3n) is 5.05. The summed E-state index contributed by atoms with van der Waals surface area (Å²) in [5.74, 6) is -0.0426. The van der Waals surface area contributed by atoms with Crippen LogP contribution < -0.4 is 5.69 Å². The zero-order valence-electron chi connectivity index (χ0n) is 15.2. The van der Waals surface area contributed by atoms with Crippen molar-refractivity contribution in [3.63, 3.8) is 0 Å². The van der Waals surface area contributed by atoms with Crippen LogP contribution >= 0.6 is 23.2 Å². The van der Waals surface area contributed by atoms with Crippen molar-refractivity contribution in [1.29, 1.82) is 0 Å². The van der Waals surface area contributed by atoms with E-state index in [0.29, 0.717) is 33.5 Å². The van der Waals surface area contributed by atoms with E-state index in [4.69, 9.17) is 23.2 Å². The molecule has 0 radical (unpaired) electrons. The number of nitrogens with one attached hydrogen (secondary N) is 1. The van der Waals surface area contributed by atoms with Crippen LogP contribution in [-0.4, -0.2) is 24.1 Å². The predicted molar refractivity (Wildman–Crippen MR) is 109 cm³/mol. The molecule has 0 saturated heterocycles. The lowest BCUT2D eigenvalue weighted by Crippen LogP contribution is -2.25. The first-order chi connectivity index (χ1) is 14.0. The number of H-pyrrole nitrogens is 1. The number of nitrogens with zero attached hydrogens (tertiary/aromatic N) is 4. The summed E-state index contributed by atoms with van der Waals surface area (Å²) in [5, 5.41) is 1.15. The maximum atomic E-state index is 13.3. The first-order valence-electron chi connectivity index (χ1n) is 9.23. The van der Waals surface area contributed by atoms with E-state index in [1.54, 1.807) is 22.8 Å². The number of aromatic nitrogens is 5. The molecule has 0 atom stereocenters. The van der Waals surface area contributed by atoms with E-state index in [2.05, 4.69) is 15.0 Å². The Labute approximate surface area is 174 Å². The molecule has 5 rings (SSSR count). The van der Waals surface area contributed by atoms with Gasteiger partial charge in [-0.15, -0.1) is 0 Å². The van der Waals surface area contributed by atoms with Crippen molar-refractivity contribution in [3.8, 4) is 0 Å². The number of imidazole rings is 2. The fraction of sp³-hybridized carbons (Fsp3) is 0.250. The van der Waals surface area contributed by atoms with Crippen LogP contribution in [0.1, 0.15) is 36.0 Å². The second-order valence-corrected chi connectivity index (χ2v) is 8.08. The minimum atomic E-state index is -0.588. The van der Waals surface area contributed by atoms with E-state index in [9.17, 15) is 9.18 Å². The van der Waals surface area contributed by atoms with Gasteiger partial charge in [0.15, 0.2) is 5.65 Å². The number of pyridine rings is 1. The minimum Gasteiger partial charge on any atom is -0.339 e. The average Bonchev–Trinajstić information content (AvgIpc) is 3.35. The van der Waals surface area contributed by atoms with Crippen molar-refractivity contribution in [2.45, 2.75) is 31.8 Å². The summed E-state index contributed by atoms with van der Waals surface area (Å²) >= 11 is 12.3. The molecule has 0 bridgehead atoms. The Balaban J connectivity index is 1.50. The molecule has 0 spiro atoms. The molecule has 1 aliphatic carbocycles. The summed E-state index contributed by atoms with van der Waals surface area (Å²) in [4.78, 5) is 24.2. The van der Waals surface area contributed by atoms with E-state index in [-0.39, 0.29) is 18.3 Å². The Morgan fingerprint density at radius 3 is 2.76 bits per heavy atom. The van der Waals surface area contributed by atoms with Gasteiger partial charge in [0, 0.05) is 34.4 Å². The Kier molecular flexibility index (Phi) is 4.44. The highest BCUT2D eigenvalue weighted by Gasteiger charge is 2.29. The highest BCUT2D eigenvalue weighted by atomic mass is 35.5. The molecule has 0 amide bonds. The fourth-order valence-corrected chi connectivity index (χ4v) is 4.02. The topological polar surface area (TPSA) is 68.5 Å². The predicted octanol–water partition coefficient (Wildman–Crippen LogP) is 4.34. The highest BCUT2D eigenvalue weighted by Crippen LogP contribution is 2.35. The highest BCUT2D eigenvalue weighted by molar-refractivity contribution is 6.35. The van der Waals surface area contributed by atoms with Gasteiger partial charge < -0.3 is 4.98 Å². The molecular weight excluding hydrogens is 416 g/mol. The Bertz CT molecular complexity index is 1290. The molecule has 1 aromatic carbocycles. The summed E-state index contributed by atoms with van der Waals surface area (Å²) in [6.45, 7) is 0.248. The molecule has 1 fully saturated rings. The number of aromatic amines is 1. The SMILES string of the molecule is O=c1n(Cc2nc3nc(F)ccc3[nH]2)cc(Cc2ccc(Cl)cc2Cl)n1C1CC1. The van der Waals surface area contributed by atoms with E-state index in [1.807, 2.05) is 16.8 Å². The number of rotatable bonds is 5. The molecule has 4 aromatic rings. The maximum absolute atomic E-state index is 13.3. The van der Waals surface area contributed by atoms with Crippen molar-refractivity contribution < 1.29 is 4.39 Å². The lowest BCUT2D eigenvalue weighted by molar-refractivity contribution is 0.588. The summed E-state index contributed by atoms with van der Waals surface area (Å²) in [6.07, 6.45) is 4.34. The van der Waals surface area contributed by atoms with E-state index in [1.165, 1.54) is 6.07 Å². The van der Waals surface area contributed by atoms with Gasteiger partial charge in [0.25, 0.3) is 0 Å². The second kappa shape index (κ2) is 7.00. The van der Waals surface area contributed by atoms with Crippen LogP contribution in [0, 0.1) is 5.95 Å². The zero-order valence-corrected chi connectivity index (χ0v) is 16.7. The van der Waals surface area contributed by atoms with Crippen LogP contribution in [0.15, 0.2) is 41.3 Å². The van der Waals surface area contributed by atoms with Crippen molar-refractivity contribution >= 4 is 34.4 Å². The van der Waals surface area contributed by atoms with Crippen LogP contribution in [0.5, 0.6) is 0 Å². The molecule has 9 heteroatoms. The standard InChI is InChI=1S/C20H16Cl2FN5O/c21-12-2-1-11(15(22)8-12)7-14-9-27(20(29)28(14)13-3-4-13)10-18-24-16-5-6-17(23)25-19(16)26-18/h1-2,5-6,8-9,13H,3-4,7,10H2,(H,24,25,26). The normalized spacial score (nSPS) is 14.0. The van der Waals surface area contributed by atoms with E-state index >= 15 is 0 Å². The van der Waals surface area contributed by atoms with Gasteiger partial charge in [-0.3, -0.25) is 9.13 Å². The maximum Gasteiger partial charge on any atom is 0.329 e. The van der Waals surface area contributed by atoms with Crippen LogP contribution in [-0.2, 0) is 13.0 Å². The molecule has 3 aromatic heterocycles. The van der Waals surface area contributed by atoms with Gasteiger partial charge in [-0.2, -0.15) is 9.37 Å². The molecule has 29 heavy (non-hydrogen) atoms. The van der Waals surface area contributed by atoms with Crippen LogP contribution in [0.25, 0.3) is 11.2 Å². The smallest absolute Gasteiger partial charge is 0.329 e. The quantitative estimate of drug-likeness (QED) is 0.477. The zero-order chi connectivity index (χ0) is 20.1. The van der Waals surface area contributed by atoms with Crippen LogP contribution in [0.4, 0.5) is 4.39 Å². The summed E-state index contributed by atoms with van der Waals surface area (Å²) in [5.41, 5.74) is 2.63. The molecule has 0 aliphatic heterocycles. The number of benzene rings is 1. The molecular formula is C20H16Cl2FN5O. The van der Waals surface area contributed by atoms with Gasteiger partial charge in [0.1, 0.15) is 5.82 Å². The molecule has 1 aliphatic rings. The molecule has 3 heterocycles. The first-order valence-corrected chi connectivity index (χ1v) is 9.99. The number of fused-ring (bicyclic) bond motifs is 1. The van der Waals surface area contributed by atoms with Crippen LogP contribution in [0.3, 0.4) is 0 Å². The monoisotopic (exact) mass is 431 g/mol. The number of hydrogen-bond acceptors (Lipinski definition) is 3. The average molecular weight is 432 g/mol. The third kappa shape index (κ3) is 3.56. The lowest BCUT2D eigenvalue weighted by atomic mass is 10.1. The molecule has 148 valence electrons. The van der Waals surface area contributed by atoms with Gasteiger partial charge in [0.05, 0.1) is 12.1 Å². The van der Waals surface area contributed by atoms with Crippen molar-refractivity contribution in [3.05, 3.63) is 80.1 Å². The van der Waals surface area contributed by atoms with Gasteiger partial charge in [-0.05, 0) is 42.7 Å². The van der Waals surface area contributed by atoms with Gasteiger partial charge >= 0.3 is 5.69 Å². The summed E-state index contributed by atoms with van der Waals surface area (Å²) in [6, 6.07) is 8.45. The molecule has 0 unspecified atom stereocenters. The van der Waals surface area contributed by atoms with Gasteiger partial charge in [0.2, 0.25) is 5.95 Å². The molecule has 1 N–H and O–H groups in total. The Hall–Kier alpha value is -2.64. The number of hydrogen-bond donors (Lipinski definition) is 1. The Morgan fingerprint density at radius 1 is 1.17 bits per heavy atom.